The molecule has 2 saturated heterocycles. The largest absolute Gasteiger partial charge is 0.390 e. The van der Waals surface area contributed by atoms with Crippen molar-refractivity contribution in [3.05, 3.63) is 36.5 Å². The van der Waals surface area contributed by atoms with Gasteiger partial charge in [-0.2, -0.15) is 0 Å². The van der Waals surface area contributed by atoms with Crippen LogP contribution >= 0.6 is 0 Å². The van der Waals surface area contributed by atoms with Gasteiger partial charge in [0.1, 0.15) is 5.82 Å². The lowest BCUT2D eigenvalue weighted by molar-refractivity contribution is -0.142. The van der Waals surface area contributed by atoms with Gasteiger partial charge in [-0.3, -0.25) is 19.4 Å². The number of hydrogen-bond acceptors (Lipinski definition) is 6. The van der Waals surface area contributed by atoms with Gasteiger partial charge in [-0.1, -0.05) is 18.2 Å². The Hall–Kier alpha value is -2.25. The fraction of sp³-hybridized carbons (Fsp3) is 0.571. The molecule has 7 nitrogen and oxygen atoms in total. The average molecular weight is 382 g/mol. The van der Waals surface area contributed by atoms with Gasteiger partial charge >= 0.3 is 0 Å². The molecule has 2 aliphatic carbocycles. The predicted molar refractivity (Wildman–Crippen MR) is 103 cm³/mol. The van der Waals surface area contributed by atoms with E-state index in [2.05, 4.69) is 26.9 Å². The molecule has 2 amide bonds. The van der Waals surface area contributed by atoms with Gasteiger partial charge in [0, 0.05) is 38.9 Å². The number of aliphatic hydroxyl groups excluding tert-OH is 1. The number of β-amino-alcohol motifs (C(OH)–C–C–N with tert-alkyl or cyclic N) is 1. The Morgan fingerprint density at radius 1 is 1.00 bits per heavy atom. The van der Waals surface area contributed by atoms with Crippen LogP contribution in [0.15, 0.2) is 36.5 Å². The van der Waals surface area contributed by atoms with E-state index >= 15 is 0 Å². The van der Waals surface area contributed by atoms with Crippen LogP contribution in [0.3, 0.4) is 0 Å². The summed E-state index contributed by atoms with van der Waals surface area (Å²) in [6, 6.07) is 5.90. The normalized spacial score (nSPS) is 33.0. The van der Waals surface area contributed by atoms with E-state index in [4.69, 9.17) is 0 Å². The number of likely N-dealkylation sites (tertiary alicyclic amines) is 1. The molecule has 3 unspecified atom stereocenters. The smallest absolute Gasteiger partial charge is 0.233 e. The number of hydrogen-bond donors (Lipinski definition) is 1. The Morgan fingerprint density at radius 2 is 1.68 bits per heavy atom. The zero-order valence-electron chi connectivity index (χ0n) is 15.9. The van der Waals surface area contributed by atoms with E-state index in [1.807, 2.05) is 18.2 Å². The SMILES string of the molecule is O=C1C2C3C=C[C@@H](C3)[C@@H]2C(=O)N1CC(O)CN1CCN(c2ccccn2)CC1. The lowest BCUT2D eigenvalue weighted by Crippen LogP contribution is -2.50. The van der Waals surface area contributed by atoms with Crippen LogP contribution < -0.4 is 4.90 Å². The summed E-state index contributed by atoms with van der Waals surface area (Å²) in [6.45, 7) is 3.96. The summed E-state index contributed by atoms with van der Waals surface area (Å²) >= 11 is 0. The molecule has 1 aromatic heterocycles. The Balaban J connectivity index is 1.14. The van der Waals surface area contributed by atoms with E-state index in [1.165, 1.54) is 4.90 Å². The third-order valence-electron chi connectivity index (χ3n) is 6.77. The van der Waals surface area contributed by atoms with Gasteiger partial charge in [0.05, 0.1) is 24.5 Å². The van der Waals surface area contributed by atoms with Crippen LogP contribution in [0.4, 0.5) is 5.82 Å². The Labute approximate surface area is 164 Å². The molecule has 5 atom stereocenters. The number of allylic oxidation sites excluding steroid dienone is 2. The van der Waals surface area contributed by atoms with Crippen LogP contribution in [0.5, 0.6) is 0 Å². The summed E-state index contributed by atoms with van der Waals surface area (Å²) in [4.78, 5) is 35.6. The molecule has 0 radical (unpaired) electrons. The topological polar surface area (TPSA) is 77.0 Å². The first-order chi connectivity index (χ1) is 13.6. The quantitative estimate of drug-likeness (QED) is 0.586. The van der Waals surface area contributed by atoms with Gasteiger partial charge in [0.2, 0.25) is 11.8 Å². The molecule has 28 heavy (non-hydrogen) atoms. The van der Waals surface area contributed by atoms with Crippen molar-refractivity contribution in [1.29, 1.82) is 0 Å². The van der Waals surface area contributed by atoms with Crippen molar-refractivity contribution in [2.75, 3.05) is 44.2 Å². The molecule has 7 heteroatoms. The minimum atomic E-state index is -0.710. The average Bonchev–Trinajstić information content (AvgIpc) is 3.39. The molecule has 5 rings (SSSR count). The first kappa shape index (κ1) is 17.8. The Bertz CT molecular complexity index is 760. The molecule has 3 fully saturated rings. The Kier molecular flexibility index (Phi) is 4.44. The summed E-state index contributed by atoms with van der Waals surface area (Å²) in [5, 5.41) is 10.6. The number of carbonyl (C=O) groups excluding carboxylic acids is 2. The highest BCUT2D eigenvalue weighted by Gasteiger charge is 2.59. The van der Waals surface area contributed by atoms with E-state index in [-0.39, 0.29) is 42.0 Å². The molecule has 148 valence electrons. The van der Waals surface area contributed by atoms with Crippen molar-refractivity contribution in [1.82, 2.24) is 14.8 Å². The number of imide groups is 1. The van der Waals surface area contributed by atoms with Crippen LogP contribution in [-0.4, -0.2) is 77.1 Å². The highest BCUT2D eigenvalue weighted by molar-refractivity contribution is 6.06. The number of piperazine rings is 1. The molecular formula is C21H26N4O3. The minimum Gasteiger partial charge on any atom is -0.390 e. The van der Waals surface area contributed by atoms with Crippen LogP contribution in [0, 0.1) is 23.7 Å². The van der Waals surface area contributed by atoms with Gasteiger partial charge in [0.25, 0.3) is 0 Å². The second-order valence-corrected chi connectivity index (χ2v) is 8.42. The maximum atomic E-state index is 12.7. The van der Waals surface area contributed by atoms with Crippen molar-refractivity contribution in [3.8, 4) is 0 Å². The summed E-state index contributed by atoms with van der Waals surface area (Å²) < 4.78 is 0. The number of carbonyl (C=O) groups is 2. The zero-order valence-corrected chi connectivity index (χ0v) is 15.9. The molecule has 3 heterocycles. The monoisotopic (exact) mass is 382 g/mol. The lowest BCUT2D eigenvalue weighted by Gasteiger charge is -2.36. The van der Waals surface area contributed by atoms with Gasteiger partial charge in [-0.25, -0.2) is 4.98 Å². The fourth-order valence-electron chi connectivity index (χ4n) is 5.41. The number of rotatable bonds is 5. The lowest BCUT2D eigenvalue weighted by atomic mass is 9.85. The number of aromatic nitrogens is 1. The van der Waals surface area contributed by atoms with Crippen molar-refractivity contribution < 1.29 is 14.7 Å². The number of anilines is 1. The standard InChI is InChI=1S/C21H26N4O3/c26-16(12-23-7-9-24(10-8-23)17-3-1-2-6-22-17)13-25-20(27)18-14-4-5-15(11-14)19(18)21(25)28/h1-6,14-16,18-19,26H,7-13H2/t14-,15?,16?,18-,19?/m0/s1. The van der Waals surface area contributed by atoms with E-state index in [0.717, 1.165) is 38.4 Å². The zero-order chi connectivity index (χ0) is 19.3. The first-order valence-corrected chi connectivity index (χ1v) is 10.2. The van der Waals surface area contributed by atoms with Crippen LogP contribution in [-0.2, 0) is 9.59 Å². The third kappa shape index (κ3) is 2.93. The van der Waals surface area contributed by atoms with Crippen molar-refractivity contribution in [2.45, 2.75) is 12.5 Å². The van der Waals surface area contributed by atoms with Crippen LogP contribution in [0.2, 0.25) is 0 Å². The number of amides is 2. The van der Waals surface area contributed by atoms with Crippen molar-refractivity contribution in [3.63, 3.8) is 0 Å². The number of aliphatic hydroxyl groups is 1. The fourth-order valence-corrected chi connectivity index (χ4v) is 5.41. The summed E-state index contributed by atoms with van der Waals surface area (Å²) in [7, 11) is 0. The maximum Gasteiger partial charge on any atom is 0.233 e. The van der Waals surface area contributed by atoms with Gasteiger partial charge in [0.15, 0.2) is 0 Å². The highest BCUT2D eigenvalue weighted by Crippen LogP contribution is 2.52. The van der Waals surface area contributed by atoms with E-state index in [0.29, 0.717) is 6.54 Å². The summed E-state index contributed by atoms with van der Waals surface area (Å²) in [5.74, 6) is 0.886. The van der Waals surface area contributed by atoms with Crippen LogP contribution in [0.25, 0.3) is 0 Å². The number of pyridine rings is 1. The molecule has 2 aliphatic heterocycles. The molecule has 0 spiro atoms. The second-order valence-electron chi connectivity index (χ2n) is 8.42. The Morgan fingerprint density at radius 3 is 2.29 bits per heavy atom. The number of fused-ring (bicyclic) bond motifs is 5. The molecular weight excluding hydrogens is 356 g/mol. The maximum absolute atomic E-state index is 12.7. The first-order valence-electron chi connectivity index (χ1n) is 10.2. The van der Waals surface area contributed by atoms with Crippen LogP contribution in [0.1, 0.15) is 6.42 Å². The third-order valence-corrected chi connectivity index (χ3v) is 6.77. The van der Waals surface area contributed by atoms with E-state index in [1.54, 1.807) is 6.20 Å². The van der Waals surface area contributed by atoms with Crippen molar-refractivity contribution >= 4 is 17.6 Å². The van der Waals surface area contributed by atoms with Gasteiger partial charge in [-0.05, 0) is 30.4 Å². The second kappa shape index (κ2) is 6.97. The van der Waals surface area contributed by atoms with E-state index in [9.17, 15) is 14.7 Å². The van der Waals surface area contributed by atoms with Gasteiger partial charge < -0.3 is 10.0 Å². The van der Waals surface area contributed by atoms with Gasteiger partial charge in [-0.15, -0.1) is 0 Å². The minimum absolute atomic E-state index is 0.0779. The number of nitrogens with zero attached hydrogens (tertiary/aromatic N) is 4. The highest BCUT2D eigenvalue weighted by atomic mass is 16.3. The summed E-state index contributed by atoms with van der Waals surface area (Å²) in [6.07, 6.45) is 6.21. The molecule has 2 bridgehead atoms. The van der Waals surface area contributed by atoms with E-state index < -0.39 is 6.10 Å². The molecule has 1 N–H and O–H groups in total. The van der Waals surface area contributed by atoms with Crippen molar-refractivity contribution in [2.24, 2.45) is 23.7 Å². The molecule has 1 aromatic rings. The molecule has 4 aliphatic rings. The molecule has 1 saturated carbocycles. The molecule has 0 aromatic carbocycles. The predicted octanol–water partition coefficient (Wildman–Crippen LogP) is 0.372. The summed E-state index contributed by atoms with van der Waals surface area (Å²) in [5.41, 5.74) is 0.